The summed E-state index contributed by atoms with van der Waals surface area (Å²) in [6.07, 6.45) is 0.320. The van der Waals surface area contributed by atoms with Gasteiger partial charge in [0.1, 0.15) is 5.82 Å². The van der Waals surface area contributed by atoms with Crippen LogP contribution in [0, 0.1) is 5.82 Å². The third-order valence-electron chi connectivity index (χ3n) is 1.81. The molecule has 0 radical (unpaired) electrons. The highest BCUT2D eigenvalue weighted by Crippen LogP contribution is 2.19. The Morgan fingerprint density at radius 3 is 2.86 bits per heavy atom. The van der Waals surface area contributed by atoms with Gasteiger partial charge in [-0.2, -0.15) is 0 Å². The quantitative estimate of drug-likeness (QED) is 0.874. The molecule has 0 heterocycles. The molecule has 0 saturated heterocycles. The summed E-state index contributed by atoms with van der Waals surface area (Å²) in [4.78, 5) is 0. The van der Waals surface area contributed by atoms with Crippen LogP contribution in [0.5, 0.6) is 0 Å². The Labute approximate surface area is 91.3 Å². The van der Waals surface area contributed by atoms with Crippen molar-refractivity contribution in [2.24, 2.45) is 0 Å². The minimum atomic E-state index is -0.331. The van der Waals surface area contributed by atoms with Gasteiger partial charge in [-0.1, -0.05) is 0 Å². The first-order valence-electron chi connectivity index (χ1n) is 4.46. The van der Waals surface area contributed by atoms with E-state index in [1.807, 2.05) is 0 Å². The summed E-state index contributed by atoms with van der Waals surface area (Å²) < 4.78 is 13.5. The van der Waals surface area contributed by atoms with E-state index in [4.69, 9.17) is 5.11 Å². The molecule has 0 aliphatic heterocycles. The first-order chi connectivity index (χ1) is 6.59. The Hall–Kier alpha value is -0.610. The van der Waals surface area contributed by atoms with Crippen LogP contribution in [-0.4, -0.2) is 17.8 Å². The molecule has 0 saturated carbocycles. The molecule has 0 fully saturated rings. The van der Waals surface area contributed by atoms with Gasteiger partial charge in [-0.15, -0.1) is 0 Å². The number of hydrogen-bond donors (Lipinski definition) is 2. The van der Waals surface area contributed by atoms with E-state index in [0.29, 0.717) is 17.4 Å². The lowest BCUT2D eigenvalue weighted by molar-refractivity contribution is 0.189. The SMILES string of the molecule is CC(O)CCNc1ccc(Br)c(F)c1. The van der Waals surface area contributed by atoms with Crippen molar-refractivity contribution in [3.63, 3.8) is 0 Å². The first-order valence-corrected chi connectivity index (χ1v) is 5.26. The lowest BCUT2D eigenvalue weighted by Gasteiger charge is -2.08. The molecular weight excluding hydrogens is 249 g/mol. The minimum Gasteiger partial charge on any atom is -0.393 e. The first kappa shape index (κ1) is 11.5. The Balaban J connectivity index is 2.47. The maximum Gasteiger partial charge on any atom is 0.139 e. The molecule has 0 bridgehead atoms. The molecule has 1 rings (SSSR count). The Kier molecular flexibility index (Phi) is 4.35. The molecular formula is C10H13BrFNO. The average Bonchev–Trinajstić information content (AvgIpc) is 2.10. The van der Waals surface area contributed by atoms with Gasteiger partial charge in [0.05, 0.1) is 10.6 Å². The van der Waals surface area contributed by atoms with E-state index in [2.05, 4.69) is 21.2 Å². The van der Waals surface area contributed by atoms with Crippen LogP contribution in [0.2, 0.25) is 0 Å². The summed E-state index contributed by atoms with van der Waals surface area (Å²) in [6, 6.07) is 4.86. The third-order valence-corrected chi connectivity index (χ3v) is 2.45. The Morgan fingerprint density at radius 2 is 2.29 bits per heavy atom. The maximum atomic E-state index is 13.0. The number of hydrogen-bond acceptors (Lipinski definition) is 2. The van der Waals surface area contributed by atoms with Gasteiger partial charge in [0.15, 0.2) is 0 Å². The molecule has 0 aliphatic rings. The van der Waals surface area contributed by atoms with E-state index in [0.717, 1.165) is 5.69 Å². The van der Waals surface area contributed by atoms with E-state index in [1.54, 1.807) is 19.1 Å². The van der Waals surface area contributed by atoms with Gasteiger partial charge in [-0.05, 0) is 47.5 Å². The van der Waals surface area contributed by atoms with E-state index in [9.17, 15) is 4.39 Å². The standard InChI is InChI=1S/C10H13BrFNO/c1-7(14)4-5-13-8-2-3-9(11)10(12)6-8/h2-3,6-7,13-14H,4-5H2,1H3. The summed E-state index contributed by atoms with van der Waals surface area (Å²) in [5, 5.41) is 12.0. The molecule has 1 aromatic rings. The molecule has 0 aliphatic carbocycles. The number of rotatable bonds is 4. The predicted molar refractivity (Wildman–Crippen MR) is 58.9 cm³/mol. The highest BCUT2D eigenvalue weighted by Gasteiger charge is 2.00. The molecule has 2 nitrogen and oxygen atoms in total. The van der Waals surface area contributed by atoms with Crippen molar-refractivity contribution < 1.29 is 9.50 Å². The van der Waals surface area contributed by atoms with Crippen molar-refractivity contribution in [3.8, 4) is 0 Å². The van der Waals surface area contributed by atoms with E-state index in [-0.39, 0.29) is 11.9 Å². The minimum absolute atomic E-state index is 0.285. The lowest BCUT2D eigenvalue weighted by atomic mass is 10.2. The maximum absolute atomic E-state index is 13.0. The van der Waals surface area contributed by atoms with Crippen LogP contribution in [0.1, 0.15) is 13.3 Å². The van der Waals surface area contributed by atoms with Crippen LogP contribution >= 0.6 is 15.9 Å². The van der Waals surface area contributed by atoms with Crippen LogP contribution in [0.4, 0.5) is 10.1 Å². The number of aliphatic hydroxyl groups is 1. The molecule has 1 unspecified atom stereocenters. The van der Waals surface area contributed by atoms with Crippen LogP contribution in [0.15, 0.2) is 22.7 Å². The van der Waals surface area contributed by atoms with E-state index in [1.165, 1.54) is 6.07 Å². The third kappa shape index (κ3) is 3.64. The van der Waals surface area contributed by atoms with Crippen LogP contribution in [0.3, 0.4) is 0 Å². The normalized spacial score (nSPS) is 12.6. The summed E-state index contributed by atoms with van der Waals surface area (Å²) in [5.41, 5.74) is 0.728. The van der Waals surface area contributed by atoms with Crippen molar-refractivity contribution in [2.45, 2.75) is 19.4 Å². The van der Waals surface area contributed by atoms with Gasteiger partial charge >= 0.3 is 0 Å². The molecule has 4 heteroatoms. The molecule has 1 aromatic carbocycles. The largest absolute Gasteiger partial charge is 0.393 e. The van der Waals surface area contributed by atoms with E-state index >= 15 is 0 Å². The Morgan fingerprint density at radius 1 is 1.57 bits per heavy atom. The second-order valence-corrected chi connectivity index (χ2v) is 4.05. The van der Waals surface area contributed by atoms with Crippen molar-refractivity contribution in [1.29, 1.82) is 0 Å². The zero-order valence-electron chi connectivity index (χ0n) is 7.93. The highest BCUT2D eigenvalue weighted by atomic mass is 79.9. The van der Waals surface area contributed by atoms with Gasteiger partial charge in [-0.3, -0.25) is 0 Å². The van der Waals surface area contributed by atoms with Crippen molar-refractivity contribution in [3.05, 3.63) is 28.5 Å². The molecule has 0 amide bonds. The van der Waals surface area contributed by atoms with Gasteiger partial charge in [0.25, 0.3) is 0 Å². The molecule has 1 atom stereocenters. The summed E-state index contributed by atoms with van der Waals surface area (Å²) in [5.74, 6) is -0.285. The fourth-order valence-corrected chi connectivity index (χ4v) is 1.28. The van der Waals surface area contributed by atoms with Gasteiger partial charge in [0, 0.05) is 12.2 Å². The fraction of sp³-hybridized carbons (Fsp3) is 0.400. The van der Waals surface area contributed by atoms with Crippen molar-refractivity contribution in [2.75, 3.05) is 11.9 Å². The number of aliphatic hydroxyl groups excluding tert-OH is 1. The topological polar surface area (TPSA) is 32.3 Å². The molecule has 0 spiro atoms. The van der Waals surface area contributed by atoms with Crippen LogP contribution < -0.4 is 5.32 Å². The molecule has 14 heavy (non-hydrogen) atoms. The lowest BCUT2D eigenvalue weighted by Crippen LogP contribution is -2.09. The smallest absolute Gasteiger partial charge is 0.139 e. The molecule has 0 aromatic heterocycles. The zero-order valence-corrected chi connectivity index (χ0v) is 9.51. The second kappa shape index (κ2) is 5.32. The van der Waals surface area contributed by atoms with Crippen molar-refractivity contribution in [1.82, 2.24) is 0 Å². The molecule has 2 N–H and O–H groups in total. The number of nitrogens with one attached hydrogen (secondary N) is 1. The predicted octanol–water partition coefficient (Wildman–Crippen LogP) is 2.77. The second-order valence-electron chi connectivity index (χ2n) is 3.19. The van der Waals surface area contributed by atoms with Crippen LogP contribution in [0.25, 0.3) is 0 Å². The summed E-state index contributed by atoms with van der Waals surface area (Å²) >= 11 is 3.08. The zero-order chi connectivity index (χ0) is 10.6. The van der Waals surface area contributed by atoms with Gasteiger partial charge in [0.2, 0.25) is 0 Å². The monoisotopic (exact) mass is 261 g/mol. The van der Waals surface area contributed by atoms with E-state index < -0.39 is 0 Å². The number of benzene rings is 1. The summed E-state index contributed by atoms with van der Waals surface area (Å²) in [6.45, 7) is 2.36. The fourth-order valence-electron chi connectivity index (χ4n) is 1.03. The Bertz CT molecular complexity index is 304. The summed E-state index contributed by atoms with van der Waals surface area (Å²) in [7, 11) is 0. The number of anilines is 1. The average molecular weight is 262 g/mol. The highest BCUT2D eigenvalue weighted by molar-refractivity contribution is 9.10. The van der Waals surface area contributed by atoms with Crippen LogP contribution in [-0.2, 0) is 0 Å². The van der Waals surface area contributed by atoms with Crippen molar-refractivity contribution >= 4 is 21.6 Å². The van der Waals surface area contributed by atoms with Gasteiger partial charge in [-0.25, -0.2) is 4.39 Å². The molecule has 78 valence electrons. The van der Waals surface area contributed by atoms with Gasteiger partial charge < -0.3 is 10.4 Å². The number of halogens is 2.